The Morgan fingerprint density at radius 3 is 2.50 bits per heavy atom. The third kappa shape index (κ3) is 3.88. The number of hydrogen-bond donors (Lipinski definition) is 2. The van der Waals surface area contributed by atoms with Crippen molar-refractivity contribution in [3.63, 3.8) is 0 Å². The van der Waals surface area contributed by atoms with Gasteiger partial charge < -0.3 is 14.9 Å². The van der Waals surface area contributed by atoms with Gasteiger partial charge in [0, 0.05) is 17.9 Å². The molecule has 2 saturated carbocycles. The fraction of sp³-hybridized carbons (Fsp3) is 0.781. The quantitative estimate of drug-likeness (QED) is 0.291. The molecule has 4 heteroatoms. The van der Waals surface area contributed by atoms with Gasteiger partial charge in [-0.1, -0.05) is 72.8 Å². The number of carbonyl (C=O) groups is 1. The van der Waals surface area contributed by atoms with Crippen LogP contribution < -0.4 is 0 Å². The Hall–Kier alpha value is -1.39. The van der Waals surface area contributed by atoms with Crippen LogP contribution in [0.5, 0.6) is 0 Å². The third-order valence-electron chi connectivity index (χ3n) is 12.0. The lowest BCUT2D eigenvalue weighted by Gasteiger charge is -2.61. The van der Waals surface area contributed by atoms with Crippen LogP contribution in [-0.2, 0) is 9.53 Å². The molecule has 0 amide bonds. The zero-order valence-corrected chi connectivity index (χ0v) is 23.8. The van der Waals surface area contributed by atoms with E-state index >= 15 is 0 Å². The summed E-state index contributed by atoms with van der Waals surface area (Å²) in [6, 6.07) is 0. The van der Waals surface area contributed by atoms with E-state index < -0.39 is 6.10 Å². The van der Waals surface area contributed by atoms with Crippen LogP contribution >= 0.6 is 0 Å². The smallest absolute Gasteiger partial charge is 0.293 e. The summed E-state index contributed by atoms with van der Waals surface area (Å²) in [6.07, 6.45) is 10.4. The Balaban J connectivity index is 1.70. The zero-order chi connectivity index (χ0) is 26.7. The van der Waals surface area contributed by atoms with Crippen molar-refractivity contribution in [2.45, 2.75) is 106 Å². The van der Waals surface area contributed by atoms with E-state index in [2.05, 4.69) is 67.2 Å². The average Bonchev–Trinajstić information content (AvgIpc) is 3.01. The normalized spacial score (nSPS) is 41.9. The summed E-state index contributed by atoms with van der Waals surface area (Å²) in [5.74, 6) is 1.12. The molecule has 202 valence electrons. The maximum atomic E-state index is 11.6. The zero-order valence-electron chi connectivity index (χ0n) is 23.8. The van der Waals surface area contributed by atoms with Gasteiger partial charge in [0.15, 0.2) is 0 Å². The average molecular weight is 499 g/mol. The van der Waals surface area contributed by atoms with Gasteiger partial charge in [-0.05, 0) is 90.1 Å². The van der Waals surface area contributed by atoms with E-state index in [4.69, 9.17) is 4.74 Å². The van der Waals surface area contributed by atoms with E-state index in [1.165, 1.54) is 11.1 Å². The predicted octanol–water partition coefficient (Wildman–Crippen LogP) is 6.63. The first-order valence-electron chi connectivity index (χ1n) is 14.2. The predicted molar refractivity (Wildman–Crippen MR) is 145 cm³/mol. The summed E-state index contributed by atoms with van der Waals surface area (Å²) in [4.78, 5) is 11.6. The van der Waals surface area contributed by atoms with Gasteiger partial charge in [0.25, 0.3) is 6.47 Å². The summed E-state index contributed by atoms with van der Waals surface area (Å²) in [7, 11) is 0. The molecule has 0 saturated heterocycles. The van der Waals surface area contributed by atoms with E-state index in [0.29, 0.717) is 37.1 Å². The molecule has 0 bridgehead atoms. The highest BCUT2D eigenvalue weighted by molar-refractivity contribution is 5.50. The molecule has 0 aliphatic heterocycles. The van der Waals surface area contributed by atoms with Gasteiger partial charge >= 0.3 is 0 Å². The molecule has 1 unspecified atom stereocenters. The summed E-state index contributed by atoms with van der Waals surface area (Å²) in [5.41, 5.74) is 3.85. The number of hydrogen-bond acceptors (Lipinski definition) is 4. The van der Waals surface area contributed by atoms with E-state index in [0.717, 1.165) is 37.7 Å². The number of ether oxygens (including phenoxy) is 1. The Labute approximate surface area is 219 Å². The number of rotatable bonds is 8. The van der Waals surface area contributed by atoms with E-state index in [1.54, 1.807) is 0 Å². The van der Waals surface area contributed by atoms with Crippen LogP contribution in [0.15, 0.2) is 35.5 Å². The fourth-order valence-corrected chi connectivity index (χ4v) is 9.20. The van der Waals surface area contributed by atoms with Crippen molar-refractivity contribution in [2.24, 2.45) is 45.3 Å². The lowest BCUT2D eigenvalue weighted by Crippen LogP contribution is -2.54. The van der Waals surface area contributed by atoms with Gasteiger partial charge in [0.2, 0.25) is 0 Å². The van der Waals surface area contributed by atoms with Crippen molar-refractivity contribution in [1.82, 2.24) is 0 Å². The van der Waals surface area contributed by atoms with Gasteiger partial charge in [0.05, 0.1) is 6.10 Å². The lowest BCUT2D eigenvalue weighted by atomic mass is 9.43. The van der Waals surface area contributed by atoms with Crippen molar-refractivity contribution >= 4 is 6.47 Å². The van der Waals surface area contributed by atoms with Crippen molar-refractivity contribution in [3.8, 4) is 0 Å². The highest BCUT2D eigenvalue weighted by Crippen LogP contribution is 2.71. The number of aliphatic hydroxyl groups excluding tert-OH is 2. The maximum Gasteiger partial charge on any atom is 0.293 e. The Kier molecular flexibility index (Phi) is 7.23. The Morgan fingerprint density at radius 1 is 1.19 bits per heavy atom. The molecule has 0 heterocycles. The minimum absolute atomic E-state index is 0.0751. The molecule has 0 radical (unpaired) electrons. The number of fused-ring (bicyclic) bond motifs is 5. The second kappa shape index (κ2) is 9.42. The van der Waals surface area contributed by atoms with Gasteiger partial charge in [-0.2, -0.15) is 0 Å². The minimum atomic E-state index is -0.516. The van der Waals surface area contributed by atoms with Crippen molar-refractivity contribution in [2.75, 3.05) is 6.61 Å². The molecule has 4 aliphatic carbocycles. The molecule has 0 spiro atoms. The first-order chi connectivity index (χ1) is 16.8. The highest BCUT2D eigenvalue weighted by atomic mass is 16.5. The van der Waals surface area contributed by atoms with Crippen LogP contribution in [0.1, 0.15) is 93.4 Å². The molecule has 0 aromatic rings. The van der Waals surface area contributed by atoms with Gasteiger partial charge in [0.1, 0.15) is 6.10 Å². The molecule has 8 atom stereocenters. The van der Waals surface area contributed by atoms with Gasteiger partial charge in [-0.25, -0.2) is 0 Å². The van der Waals surface area contributed by atoms with E-state index in [-0.39, 0.29) is 40.3 Å². The van der Waals surface area contributed by atoms with E-state index in [9.17, 15) is 15.0 Å². The minimum Gasteiger partial charge on any atom is -0.464 e. The van der Waals surface area contributed by atoms with Crippen LogP contribution in [0.2, 0.25) is 0 Å². The molecule has 4 rings (SSSR count). The molecule has 0 aromatic carbocycles. The van der Waals surface area contributed by atoms with Crippen molar-refractivity contribution in [3.05, 3.63) is 35.5 Å². The van der Waals surface area contributed by atoms with Crippen molar-refractivity contribution in [1.29, 1.82) is 0 Å². The topological polar surface area (TPSA) is 66.8 Å². The summed E-state index contributed by atoms with van der Waals surface area (Å²) < 4.78 is 5.73. The van der Waals surface area contributed by atoms with Crippen LogP contribution in [0, 0.1) is 45.3 Å². The molecular formula is C32H50O4. The van der Waals surface area contributed by atoms with Crippen LogP contribution in [0.3, 0.4) is 0 Å². The molecule has 36 heavy (non-hydrogen) atoms. The van der Waals surface area contributed by atoms with Gasteiger partial charge in [-0.3, -0.25) is 4.79 Å². The summed E-state index contributed by atoms with van der Waals surface area (Å²) in [6.45, 7) is 21.2. The molecule has 4 nitrogen and oxygen atoms in total. The van der Waals surface area contributed by atoms with Crippen LogP contribution in [0.4, 0.5) is 0 Å². The highest BCUT2D eigenvalue weighted by Gasteiger charge is 2.66. The lowest BCUT2D eigenvalue weighted by molar-refractivity contribution is -0.143. The monoisotopic (exact) mass is 498 g/mol. The Bertz CT molecular complexity index is 944. The molecule has 2 N–H and O–H groups in total. The fourth-order valence-electron chi connectivity index (χ4n) is 9.20. The standard InChI is InChI=1S/C32H50O4/c1-20(2)21(3)9-11-26(36-19-34)28-25(35)17-32(8)24-10-12-27-29(4,5)22(18-33)13-15-30(27,6)23(24)14-16-31(28,32)7/h10,14,19-20,22,25-28,33,35H,3,9,11-13,15-18H2,1-2,4-8H3/t22-,25-,26?,27+,28-,30-,31-,32+/m1/s1. The summed E-state index contributed by atoms with van der Waals surface area (Å²) in [5, 5.41) is 21.7. The Morgan fingerprint density at radius 2 is 1.89 bits per heavy atom. The molecular weight excluding hydrogens is 448 g/mol. The van der Waals surface area contributed by atoms with Crippen LogP contribution in [-0.4, -0.2) is 35.5 Å². The number of carbonyl (C=O) groups excluding carboxylic acids is 1. The summed E-state index contributed by atoms with van der Waals surface area (Å²) >= 11 is 0. The first-order valence-corrected chi connectivity index (χ1v) is 14.2. The second-order valence-electron chi connectivity index (χ2n) is 14.1. The van der Waals surface area contributed by atoms with Crippen LogP contribution in [0.25, 0.3) is 0 Å². The SMILES string of the molecule is C=C(CCC(OC=O)[C@H]1[C@H](O)C[C@@]2(C)C3=CC[C@H]4C(C)(C)[C@@H](CO)CC[C@]4(C)C3=CC[C@]12C)C(C)C. The van der Waals surface area contributed by atoms with E-state index in [1.807, 2.05) is 0 Å². The van der Waals surface area contributed by atoms with Crippen molar-refractivity contribution < 1.29 is 19.7 Å². The first kappa shape index (κ1) is 27.6. The van der Waals surface area contributed by atoms with Gasteiger partial charge in [-0.15, -0.1) is 0 Å². The molecule has 4 aliphatic rings. The third-order valence-corrected chi connectivity index (χ3v) is 12.0. The molecule has 0 aromatic heterocycles. The second-order valence-corrected chi connectivity index (χ2v) is 14.1. The number of allylic oxidation sites excluding steroid dienone is 5. The molecule has 2 fully saturated rings. The largest absolute Gasteiger partial charge is 0.464 e. The number of aliphatic hydroxyl groups is 2. The maximum absolute atomic E-state index is 11.6.